The van der Waals surface area contributed by atoms with Crippen LogP contribution in [-0.2, 0) is 6.54 Å². The molecule has 0 unspecified atom stereocenters. The van der Waals surface area contributed by atoms with E-state index in [-0.39, 0.29) is 6.03 Å². The number of rotatable bonds is 7. The normalized spacial score (nSPS) is 10.7. The highest BCUT2D eigenvalue weighted by atomic mass is 16.2. The number of aromatic nitrogens is 2. The molecule has 0 atom stereocenters. The van der Waals surface area contributed by atoms with Crippen molar-refractivity contribution in [1.29, 1.82) is 0 Å². The molecule has 0 spiro atoms. The summed E-state index contributed by atoms with van der Waals surface area (Å²) in [5, 5.41) is 3.02. The second-order valence-electron chi connectivity index (χ2n) is 7.68. The zero-order valence-electron chi connectivity index (χ0n) is 18.5. The van der Waals surface area contributed by atoms with Gasteiger partial charge in [-0.15, -0.1) is 0 Å². The van der Waals surface area contributed by atoms with Crippen LogP contribution in [0.2, 0.25) is 0 Å². The van der Waals surface area contributed by atoms with Crippen molar-refractivity contribution in [3.05, 3.63) is 96.7 Å². The van der Waals surface area contributed by atoms with E-state index in [1.807, 2.05) is 85.8 Å². The number of amides is 2. The maximum absolute atomic E-state index is 13.6. The molecular weight excluding hydrogens is 396 g/mol. The number of unbranched alkanes of at least 4 members (excludes halogenated alkanes) is 1. The topological polar surface area (TPSA) is 50.2 Å². The number of aryl methyl sites for hydroxylation is 1. The van der Waals surface area contributed by atoms with Gasteiger partial charge in [0.15, 0.2) is 0 Å². The smallest absolute Gasteiger partial charge is 0.309 e. The minimum atomic E-state index is -0.246. The molecule has 0 bridgehead atoms. The Morgan fingerprint density at radius 3 is 2.12 bits per heavy atom. The van der Waals surface area contributed by atoms with E-state index >= 15 is 0 Å². The largest absolute Gasteiger partial charge is 0.333 e. The molecular formula is C27H28N4O. The van der Waals surface area contributed by atoms with Crippen LogP contribution in [0.4, 0.5) is 22.1 Å². The van der Waals surface area contributed by atoms with Gasteiger partial charge in [0.05, 0.1) is 17.1 Å². The Labute approximate surface area is 189 Å². The number of para-hydroxylation sites is 2. The third-order valence-corrected chi connectivity index (χ3v) is 5.35. The SMILES string of the molecule is CCCCn1c(N(C(=O)Nc2ccccc2)c2ccccc2)nc(C)c1-c1ccccc1. The van der Waals surface area contributed by atoms with Gasteiger partial charge < -0.3 is 9.88 Å². The van der Waals surface area contributed by atoms with Gasteiger partial charge in [-0.25, -0.2) is 14.7 Å². The Kier molecular flexibility index (Phi) is 6.66. The molecule has 0 fully saturated rings. The van der Waals surface area contributed by atoms with Crippen LogP contribution in [0.1, 0.15) is 25.5 Å². The van der Waals surface area contributed by atoms with Crippen molar-refractivity contribution in [2.24, 2.45) is 0 Å². The van der Waals surface area contributed by atoms with E-state index in [4.69, 9.17) is 4.98 Å². The number of nitrogens with zero attached hydrogens (tertiary/aromatic N) is 3. The van der Waals surface area contributed by atoms with Gasteiger partial charge in [0.2, 0.25) is 5.95 Å². The molecule has 162 valence electrons. The molecule has 4 aromatic rings. The van der Waals surface area contributed by atoms with Gasteiger partial charge in [-0.2, -0.15) is 0 Å². The highest BCUT2D eigenvalue weighted by Crippen LogP contribution is 2.33. The standard InChI is InChI=1S/C27H28N4O/c1-3-4-20-30-25(22-14-8-5-9-15-22)21(2)28-26(30)31(24-18-12-7-13-19-24)27(32)29-23-16-10-6-11-17-23/h5-19H,3-4,20H2,1-2H3,(H,29,32). The molecule has 0 aliphatic carbocycles. The number of hydrogen-bond donors (Lipinski definition) is 1. The molecule has 5 nitrogen and oxygen atoms in total. The molecule has 1 N–H and O–H groups in total. The first-order valence-corrected chi connectivity index (χ1v) is 11.0. The number of carbonyl (C=O) groups is 1. The molecule has 2 amide bonds. The summed E-state index contributed by atoms with van der Waals surface area (Å²) in [5.41, 5.74) is 4.54. The highest BCUT2D eigenvalue weighted by Gasteiger charge is 2.26. The van der Waals surface area contributed by atoms with Crippen molar-refractivity contribution in [1.82, 2.24) is 9.55 Å². The van der Waals surface area contributed by atoms with Crippen LogP contribution in [0, 0.1) is 6.92 Å². The molecule has 32 heavy (non-hydrogen) atoms. The summed E-state index contributed by atoms with van der Waals surface area (Å²) in [5.74, 6) is 0.620. The van der Waals surface area contributed by atoms with Gasteiger partial charge in [0.1, 0.15) is 0 Å². The van der Waals surface area contributed by atoms with Crippen LogP contribution in [0.3, 0.4) is 0 Å². The van der Waals surface area contributed by atoms with E-state index in [1.165, 1.54) is 0 Å². The summed E-state index contributed by atoms with van der Waals surface area (Å²) in [6.07, 6.45) is 2.04. The second-order valence-corrected chi connectivity index (χ2v) is 7.68. The summed E-state index contributed by atoms with van der Waals surface area (Å²) < 4.78 is 2.17. The minimum absolute atomic E-state index is 0.246. The third-order valence-electron chi connectivity index (χ3n) is 5.35. The Balaban J connectivity index is 1.84. The van der Waals surface area contributed by atoms with Gasteiger partial charge in [0.25, 0.3) is 0 Å². The molecule has 0 radical (unpaired) electrons. The number of carbonyl (C=O) groups excluding carboxylic acids is 1. The number of benzene rings is 3. The lowest BCUT2D eigenvalue weighted by Gasteiger charge is -2.24. The highest BCUT2D eigenvalue weighted by molar-refractivity contribution is 6.06. The Bertz CT molecular complexity index is 1150. The lowest BCUT2D eigenvalue weighted by Crippen LogP contribution is -2.33. The minimum Gasteiger partial charge on any atom is -0.309 e. The fourth-order valence-electron chi connectivity index (χ4n) is 3.82. The maximum atomic E-state index is 13.6. The Morgan fingerprint density at radius 2 is 1.50 bits per heavy atom. The molecule has 0 saturated heterocycles. The second kappa shape index (κ2) is 9.96. The predicted octanol–water partition coefficient (Wildman–Crippen LogP) is 7.03. The van der Waals surface area contributed by atoms with Crippen molar-refractivity contribution in [2.75, 3.05) is 10.2 Å². The van der Waals surface area contributed by atoms with E-state index in [0.29, 0.717) is 5.95 Å². The zero-order chi connectivity index (χ0) is 22.3. The number of nitrogens with one attached hydrogen (secondary N) is 1. The summed E-state index contributed by atoms with van der Waals surface area (Å²) in [6, 6.07) is 29.2. The number of hydrogen-bond acceptors (Lipinski definition) is 2. The van der Waals surface area contributed by atoms with Crippen LogP contribution in [0.5, 0.6) is 0 Å². The van der Waals surface area contributed by atoms with Crippen LogP contribution < -0.4 is 10.2 Å². The quantitative estimate of drug-likeness (QED) is 0.346. The van der Waals surface area contributed by atoms with Crippen molar-refractivity contribution >= 4 is 23.4 Å². The molecule has 1 heterocycles. The number of anilines is 3. The molecule has 5 heteroatoms. The van der Waals surface area contributed by atoms with Crippen LogP contribution in [0.25, 0.3) is 11.3 Å². The molecule has 1 aromatic heterocycles. The average molecular weight is 425 g/mol. The van der Waals surface area contributed by atoms with Gasteiger partial charge in [0, 0.05) is 17.8 Å². The van der Waals surface area contributed by atoms with E-state index < -0.39 is 0 Å². The van der Waals surface area contributed by atoms with E-state index in [1.54, 1.807) is 4.90 Å². The van der Waals surface area contributed by atoms with Crippen LogP contribution in [-0.4, -0.2) is 15.6 Å². The Morgan fingerprint density at radius 1 is 0.906 bits per heavy atom. The van der Waals surface area contributed by atoms with Crippen LogP contribution in [0.15, 0.2) is 91.0 Å². The van der Waals surface area contributed by atoms with E-state index in [2.05, 4.69) is 28.9 Å². The van der Waals surface area contributed by atoms with Gasteiger partial charge >= 0.3 is 6.03 Å². The summed E-state index contributed by atoms with van der Waals surface area (Å²) in [7, 11) is 0. The molecule has 4 rings (SSSR count). The van der Waals surface area contributed by atoms with Gasteiger partial charge in [-0.1, -0.05) is 80.1 Å². The lowest BCUT2D eigenvalue weighted by atomic mass is 10.1. The summed E-state index contributed by atoms with van der Waals surface area (Å²) in [6.45, 7) is 4.95. The number of imidazole rings is 1. The van der Waals surface area contributed by atoms with Crippen molar-refractivity contribution in [2.45, 2.75) is 33.2 Å². The number of urea groups is 1. The molecule has 3 aromatic carbocycles. The van der Waals surface area contributed by atoms with Gasteiger partial charge in [-0.05, 0) is 37.6 Å². The third kappa shape index (κ3) is 4.57. The first-order valence-electron chi connectivity index (χ1n) is 11.0. The first-order chi connectivity index (χ1) is 15.7. The maximum Gasteiger partial charge on any atom is 0.333 e. The zero-order valence-corrected chi connectivity index (χ0v) is 18.5. The summed E-state index contributed by atoms with van der Waals surface area (Å²) in [4.78, 5) is 20.1. The average Bonchev–Trinajstić information content (AvgIpc) is 3.15. The molecule has 0 aliphatic heterocycles. The fourth-order valence-corrected chi connectivity index (χ4v) is 3.82. The predicted molar refractivity (Wildman–Crippen MR) is 131 cm³/mol. The fraction of sp³-hybridized carbons (Fsp3) is 0.185. The van der Waals surface area contributed by atoms with Gasteiger partial charge in [-0.3, -0.25) is 0 Å². The monoisotopic (exact) mass is 424 g/mol. The van der Waals surface area contributed by atoms with Crippen molar-refractivity contribution in [3.63, 3.8) is 0 Å². The lowest BCUT2D eigenvalue weighted by molar-refractivity contribution is 0.258. The van der Waals surface area contributed by atoms with E-state index in [0.717, 1.165) is 47.7 Å². The van der Waals surface area contributed by atoms with Crippen molar-refractivity contribution in [3.8, 4) is 11.3 Å². The summed E-state index contributed by atoms with van der Waals surface area (Å²) >= 11 is 0. The van der Waals surface area contributed by atoms with Crippen LogP contribution >= 0.6 is 0 Å². The van der Waals surface area contributed by atoms with E-state index in [9.17, 15) is 4.79 Å². The first kappa shape index (κ1) is 21.4. The molecule has 0 aliphatic rings. The molecule has 0 saturated carbocycles. The Hall–Kier alpha value is -3.86. The van der Waals surface area contributed by atoms with Crippen molar-refractivity contribution < 1.29 is 4.79 Å².